The van der Waals surface area contributed by atoms with E-state index in [-0.39, 0.29) is 17.4 Å². The zero-order chi connectivity index (χ0) is 22.6. The van der Waals surface area contributed by atoms with Crippen LogP contribution in [0.3, 0.4) is 0 Å². The Labute approximate surface area is 197 Å². The second-order valence-electron chi connectivity index (χ2n) is 11.7. The van der Waals surface area contributed by atoms with Crippen molar-refractivity contribution in [3.05, 3.63) is 24.3 Å². The first-order valence-electron chi connectivity index (χ1n) is 13.1. The number of hydrogen-bond acceptors (Lipinski definition) is 4. The zero-order valence-electron chi connectivity index (χ0n) is 20.0. The van der Waals surface area contributed by atoms with Crippen LogP contribution in [0.15, 0.2) is 24.3 Å². The third-order valence-corrected chi connectivity index (χ3v) is 9.31. The summed E-state index contributed by atoms with van der Waals surface area (Å²) in [7, 11) is 2.16. The lowest BCUT2D eigenvalue weighted by Crippen LogP contribution is -2.56. The summed E-state index contributed by atoms with van der Waals surface area (Å²) in [5, 5.41) is 3.12. The maximum absolute atomic E-state index is 13.8. The number of nitrogens with one attached hydrogen (secondary N) is 1. The highest BCUT2D eigenvalue weighted by molar-refractivity contribution is 5.98. The van der Waals surface area contributed by atoms with Gasteiger partial charge in [0.2, 0.25) is 11.8 Å². The first-order valence-corrected chi connectivity index (χ1v) is 13.1. The maximum atomic E-state index is 13.8. The standard InChI is InChI=1S/C27H38N4O2/c1-29-9-11-30(12-10-29)23-6-4-22(5-7-23)28-25(32)24-3-2-8-31(24)26(33)27-16-19-13-20(17-27)15-21(14-19)18-27/h4-7,19-21,24H,2-3,8-18H2,1H3,(H,28,32). The average Bonchev–Trinajstić information content (AvgIpc) is 3.29. The van der Waals surface area contributed by atoms with E-state index in [1.165, 1.54) is 24.9 Å². The van der Waals surface area contributed by atoms with Gasteiger partial charge in [-0.2, -0.15) is 0 Å². The van der Waals surface area contributed by atoms with Crippen LogP contribution in [-0.2, 0) is 9.59 Å². The molecule has 33 heavy (non-hydrogen) atoms. The summed E-state index contributed by atoms with van der Waals surface area (Å²) in [6.45, 7) is 4.96. The molecular formula is C27H38N4O2. The minimum atomic E-state index is -0.317. The Morgan fingerprint density at radius 2 is 1.48 bits per heavy atom. The van der Waals surface area contributed by atoms with Crippen molar-refractivity contribution in [3.8, 4) is 0 Å². The molecule has 1 aromatic rings. The molecule has 1 unspecified atom stereocenters. The van der Waals surface area contributed by atoms with Gasteiger partial charge in [-0.1, -0.05) is 0 Å². The van der Waals surface area contributed by atoms with Gasteiger partial charge in [0.15, 0.2) is 0 Å². The lowest BCUT2D eigenvalue weighted by Gasteiger charge is -2.56. The molecule has 2 aliphatic heterocycles. The number of benzene rings is 1. The molecule has 4 bridgehead atoms. The minimum Gasteiger partial charge on any atom is -0.369 e. The molecule has 1 atom stereocenters. The van der Waals surface area contributed by atoms with Crippen LogP contribution >= 0.6 is 0 Å². The number of anilines is 2. The fraction of sp³-hybridized carbons (Fsp3) is 0.704. The van der Waals surface area contributed by atoms with Crippen molar-refractivity contribution in [2.45, 2.75) is 57.4 Å². The van der Waals surface area contributed by atoms with E-state index in [0.29, 0.717) is 5.91 Å². The van der Waals surface area contributed by atoms with Gasteiger partial charge in [-0.25, -0.2) is 0 Å². The lowest BCUT2D eigenvalue weighted by molar-refractivity contribution is -0.160. The van der Waals surface area contributed by atoms with Crippen LogP contribution in [0, 0.1) is 23.2 Å². The van der Waals surface area contributed by atoms with E-state index >= 15 is 0 Å². The van der Waals surface area contributed by atoms with Crippen LogP contribution in [0.2, 0.25) is 0 Å². The first-order chi connectivity index (χ1) is 16.0. The van der Waals surface area contributed by atoms with Crippen molar-refractivity contribution in [2.75, 3.05) is 50.0 Å². The van der Waals surface area contributed by atoms with Gasteiger partial charge in [-0.3, -0.25) is 9.59 Å². The van der Waals surface area contributed by atoms with E-state index in [9.17, 15) is 9.59 Å². The van der Waals surface area contributed by atoms with Gasteiger partial charge in [-0.05, 0) is 100 Å². The molecule has 1 N–H and O–H groups in total. The van der Waals surface area contributed by atoms with Crippen LogP contribution in [0.4, 0.5) is 11.4 Å². The number of carbonyl (C=O) groups is 2. The molecule has 2 heterocycles. The van der Waals surface area contributed by atoms with Gasteiger partial charge in [0.1, 0.15) is 6.04 Å². The number of amides is 2. The maximum Gasteiger partial charge on any atom is 0.247 e. The molecule has 178 valence electrons. The summed E-state index contributed by atoms with van der Waals surface area (Å²) in [5.74, 6) is 2.51. The van der Waals surface area contributed by atoms with Gasteiger partial charge in [0, 0.05) is 44.1 Å². The summed E-state index contributed by atoms with van der Waals surface area (Å²) in [4.78, 5) is 33.8. The Morgan fingerprint density at radius 1 is 0.879 bits per heavy atom. The van der Waals surface area contributed by atoms with Crippen LogP contribution < -0.4 is 10.2 Å². The molecule has 4 saturated carbocycles. The highest BCUT2D eigenvalue weighted by atomic mass is 16.2. The Hall–Kier alpha value is -2.08. The summed E-state index contributed by atoms with van der Waals surface area (Å²) in [6.07, 6.45) is 8.91. The van der Waals surface area contributed by atoms with E-state index in [0.717, 1.165) is 88.3 Å². The first kappa shape index (κ1) is 21.5. The molecule has 1 aromatic carbocycles. The van der Waals surface area contributed by atoms with Gasteiger partial charge < -0.3 is 20.0 Å². The number of rotatable bonds is 4. The summed E-state index contributed by atoms with van der Waals surface area (Å²) >= 11 is 0. The van der Waals surface area contributed by atoms with Crippen molar-refractivity contribution in [2.24, 2.45) is 23.2 Å². The normalized spacial score (nSPS) is 35.8. The van der Waals surface area contributed by atoms with Gasteiger partial charge in [-0.15, -0.1) is 0 Å². The molecule has 2 amide bonds. The Morgan fingerprint density at radius 3 is 2.09 bits per heavy atom. The minimum absolute atomic E-state index is 0.0158. The van der Waals surface area contributed by atoms with Gasteiger partial charge in [0.25, 0.3) is 0 Å². The molecule has 0 radical (unpaired) electrons. The van der Waals surface area contributed by atoms with Gasteiger partial charge >= 0.3 is 0 Å². The Bertz CT molecular complexity index is 870. The number of hydrogen-bond donors (Lipinski definition) is 1. The van der Waals surface area contributed by atoms with E-state index in [1.807, 2.05) is 17.0 Å². The SMILES string of the molecule is CN1CCN(c2ccc(NC(=O)C3CCCN3C(=O)C34CC5CC(CC(C5)C3)C4)cc2)CC1. The highest BCUT2D eigenvalue weighted by Gasteiger charge is 2.56. The molecular weight excluding hydrogens is 412 g/mol. The molecule has 0 spiro atoms. The predicted octanol–water partition coefficient (Wildman–Crippen LogP) is 3.58. The van der Waals surface area contributed by atoms with E-state index < -0.39 is 0 Å². The van der Waals surface area contributed by atoms with Crippen molar-refractivity contribution >= 4 is 23.2 Å². The van der Waals surface area contributed by atoms with Crippen LogP contribution in [0.5, 0.6) is 0 Å². The topological polar surface area (TPSA) is 55.9 Å². The third-order valence-electron chi connectivity index (χ3n) is 9.31. The average molecular weight is 451 g/mol. The number of likely N-dealkylation sites (N-methyl/N-ethyl adjacent to an activating group) is 1. The summed E-state index contributed by atoms with van der Waals surface area (Å²) in [5.41, 5.74) is 1.87. The molecule has 6 fully saturated rings. The molecule has 2 saturated heterocycles. The van der Waals surface area contributed by atoms with Gasteiger partial charge in [0.05, 0.1) is 5.41 Å². The van der Waals surface area contributed by atoms with Crippen molar-refractivity contribution in [1.29, 1.82) is 0 Å². The van der Waals surface area contributed by atoms with Crippen molar-refractivity contribution in [3.63, 3.8) is 0 Å². The molecule has 7 rings (SSSR count). The molecule has 0 aromatic heterocycles. The molecule has 6 heteroatoms. The molecule has 4 aliphatic carbocycles. The van der Waals surface area contributed by atoms with E-state index in [1.54, 1.807) is 0 Å². The Kier molecular flexibility index (Phi) is 5.39. The van der Waals surface area contributed by atoms with Crippen LogP contribution in [-0.4, -0.2) is 67.4 Å². The van der Waals surface area contributed by atoms with E-state index in [4.69, 9.17) is 0 Å². The molecule has 6 aliphatic rings. The third kappa shape index (κ3) is 3.94. The lowest BCUT2D eigenvalue weighted by atomic mass is 9.49. The second-order valence-corrected chi connectivity index (χ2v) is 11.7. The fourth-order valence-electron chi connectivity index (χ4n) is 8.01. The van der Waals surface area contributed by atoms with Crippen LogP contribution in [0.1, 0.15) is 51.4 Å². The number of carbonyl (C=O) groups excluding carboxylic acids is 2. The molecule has 6 nitrogen and oxygen atoms in total. The quantitative estimate of drug-likeness (QED) is 0.762. The Balaban J connectivity index is 1.11. The summed E-state index contributed by atoms with van der Waals surface area (Å²) < 4.78 is 0. The predicted molar refractivity (Wildman–Crippen MR) is 130 cm³/mol. The zero-order valence-corrected chi connectivity index (χ0v) is 20.0. The number of likely N-dealkylation sites (tertiary alicyclic amines) is 1. The smallest absolute Gasteiger partial charge is 0.247 e. The number of nitrogens with zero attached hydrogens (tertiary/aromatic N) is 3. The fourth-order valence-corrected chi connectivity index (χ4v) is 8.01. The highest BCUT2D eigenvalue weighted by Crippen LogP contribution is 2.60. The van der Waals surface area contributed by atoms with E-state index in [2.05, 4.69) is 34.3 Å². The van der Waals surface area contributed by atoms with Crippen LogP contribution in [0.25, 0.3) is 0 Å². The monoisotopic (exact) mass is 450 g/mol. The largest absolute Gasteiger partial charge is 0.369 e. The number of piperazine rings is 1. The van der Waals surface area contributed by atoms with Crippen molar-refractivity contribution < 1.29 is 9.59 Å². The van der Waals surface area contributed by atoms with Crippen molar-refractivity contribution in [1.82, 2.24) is 9.80 Å². The second kappa shape index (κ2) is 8.30. The summed E-state index contributed by atoms with van der Waals surface area (Å²) in [6, 6.07) is 7.90.